The molecule has 0 unspecified atom stereocenters. The summed E-state index contributed by atoms with van der Waals surface area (Å²) in [5, 5.41) is 4.17. The minimum atomic E-state index is -4.49. The van der Waals surface area contributed by atoms with Gasteiger partial charge in [0.05, 0.1) is 25.3 Å². The number of alkyl halides is 3. The van der Waals surface area contributed by atoms with Crippen LogP contribution in [-0.4, -0.2) is 39.3 Å². The largest absolute Gasteiger partial charge is 0.449 e. The predicted octanol–water partition coefficient (Wildman–Crippen LogP) is 2.58. The third-order valence-electron chi connectivity index (χ3n) is 3.58. The number of anilines is 1. The van der Waals surface area contributed by atoms with Crippen LogP contribution in [0.2, 0.25) is 0 Å². The van der Waals surface area contributed by atoms with E-state index in [0.717, 1.165) is 12.1 Å². The fraction of sp³-hybridized carbons (Fsp3) is 0.400. The zero-order valence-electron chi connectivity index (χ0n) is 12.8. The molecule has 0 bridgehead atoms. The summed E-state index contributed by atoms with van der Waals surface area (Å²) in [5.74, 6) is -0.563. The Morgan fingerprint density at radius 1 is 1.33 bits per heavy atom. The maximum absolute atomic E-state index is 13.0. The molecule has 0 radical (unpaired) electrons. The van der Waals surface area contributed by atoms with Gasteiger partial charge in [0.1, 0.15) is 11.3 Å². The molecule has 24 heavy (non-hydrogen) atoms. The number of fused-ring (bicyclic) bond motifs is 3. The van der Waals surface area contributed by atoms with Crippen molar-refractivity contribution >= 4 is 22.6 Å². The van der Waals surface area contributed by atoms with Crippen LogP contribution >= 0.6 is 0 Å². The van der Waals surface area contributed by atoms with E-state index in [-0.39, 0.29) is 42.1 Å². The van der Waals surface area contributed by atoms with Crippen LogP contribution in [0, 0.1) is 0 Å². The Morgan fingerprint density at radius 2 is 2.12 bits per heavy atom. The summed E-state index contributed by atoms with van der Waals surface area (Å²) in [6.07, 6.45) is -4.49. The molecule has 3 rings (SSSR count). The first-order valence-electron chi connectivity index (χ1n) is 7.23. The number of methoxy groups -OCH3 is 1. The summed E-state index contributed by atoms with van der Waals surface area (Å²) in [6.45, 7) is 1.04. The first-order valence-corrected chi connectivity index (χ1v) is 7.23. The molecule has 0 saturated carbocycles. The molecular formula is C15H15F3N2O4. The molecule has 2 aromatic rings. The highest BCUT2D eigenvalue weighted by Gasteiger charge is 2.34. The highest BCUT2D eigenvalue weighted by Crippen LogP contribution is 2.39. The Labute approximate surface area is 135 Å². The average molecular weight is 344 g/mol. The maximum Gasteiger partial charge on any atom is 0.416 e. The Hall–Kier alpha value is -2.26. The van der Waals surface area contributed by atoms with Crippen molar-refractivity contribution in [3.8, 4) is 0 Å². The van der Waals surface area contributed by atoms with Crippen LogP contribution in [0.3, 0.4) is 0 Å². The maximum atomic E-state index is 13.0. The van der Waals surface area contributed by atoms with Gasteiger partial charge in [-0.3, -0.25) is 9.63 Å². The van der Waals surface area contributed by atoms with E-state index in [1.54, 1.807) is 0 Å². The molecule has 1 aromatic carbocycles. The number of hydrogen-bond donors (Lipinski definition) is 1. The van der Waals surface area contributed by atoms with Gasteiger partial charge in [0.25, 0.3) is 5.91 Å². The molecule has 9 heteroatoms. The van der Waals surface area contributed by atoms with Crippen LogP contribution in [-0.2, 0) is 15.8 Å². The first kappa shape index (κ1) is 16.6. The predicted molar refractivity (Wildman–Crippen MR) is 78.7 cm³/mol. The van der Waals surface area contributed by atoms with Gasteiger partial charge in [-0.1, -0.05) is 0 Å². The Bertz CT molecular complexity index is 757. The van der Waals surface area contributed by atoms with Gasteiger partial charge in [-0.25, -0.2) is 5.06 Å². The molecule has 130 valence electrons. The molecule has 1 N–H and O–H groups in total. The number of rotatable bonds is 4. The van der Waals surface area contributed by atoms with Gasteiger partial charge in [0.2, 0.25) is 5.76 Å². The van der Waals surface area contributed by atoms with E-state index in [9.17, 15) is 18.0 Å². The minimum Gasteiger partial charge on any atom is -0.449 e. The second-order valence-electron chi connectivity index (χ2n) is 5.17. The number of halogens is 3. The number of nitrogens with zero attached hydrogens (tertiary/aromatic N) is 1. The van der Waals surface area contributed by atoms with Gasteiger partial charge < -0.3 is 14.5 Å². The van der Waals surface area contributed by atoms with E-state index in [1.807, 2.05) is 0 Å². The van der Waals surface area contributed by atoms with Crippen molar-refractivity contribution in [1.82, 2.24) is 5.32 Å². The van der Waals surface area contributed by atoms with E-state index in [2.05, 4.69) is 5.32 Å². The fourth-order valence-electron chi connectivity index (χ4n) is 2.49. The lowest BCUT2D eigenvalue weighted by Gasteiger charge is -2.21. The average Bonchev–Trinajstić information content (AvgIpc) is 2.84. The van der Waals surface area contributed by atoms with E-state index < -0.39 is 17.6 Å². The van der Waals surface area contributed by atoms with Gasteiger partial charge in [-0.05, 0) is 18.2 Å². The summed E-state index contributed by atoms with van der Waals surface area (Å²) < 4.78 is 49.3. The van der Waals surface area contributed by atoms with Crippen molar-refractivity contribution < 1.29 is 32.0 Å². The number of carbonyl (C=O) groups is 1. The van der Waals surface area contributed by atoms with Crippen LogP contribution < -0.4 is 10.4 Å². The number of furan rings is 1. The van der Waals surface area contributed by atoms with Crippen LogP contribution in [0.4, 0.5) is 18.9 Å². The SMILES string of the molecule is COCCON1CCNC(=O)c2oc3ccc(C(F)(F)F)cc3c21. The van der Waals surface area contributed by atoms with Gasteiger partial charge in [0, 0.05) is 19.0 Å². The Kier molecular flexibility index (Phi) is 4.37. The van der Waals surface area contributed by atoms with Crippen LogP contribution in [0.15, 0.2) is 22.6 Å². The van der Waals surface area contributed by atoms with Crippen LogP contribution in [0.1, 0.15) is 16.1 Å². The molecule has 0 fully saturated rings. The summed E-state index contributed by atoms with van der Waals surface area (Å²) in [5.41, 5.74) is -0.437. The second-order valence-corrected chi connectivity index (χ2v) is 5.17. The molecule has 1 aromatic heterocycles. The molecule has 2 heterocycles. The zero-order valence-corrected chi connectivity index (χ0v) is 12.8. The highest BCUT2D eigenvalue weighted by atomic mass is 19.4. The van der Waals surface area contributed by atoms with Crippen molar-refractivity contribution in [2.24, 2.45) is 0 Å². The van der Waals surface area contributed by atoms with E-state index >= 15 is 0 Å². The lowest BCUT2D eigenvalue weighted by atomic mass is 10.1. The number of ether oxygens (including phenoxy) is 1. The summed E-state index contributed by atoms with van der Waals surface area (Å²) in [7, 11) is 1.51. The lowest BCUT2D eigenvalue weighted by molar-refractivity contribution is -0.137. The monoisotopic (exact) mass is 344 g/mol. The molecule has 0 aliphatic carbocycles. The van der Waals surface area contributed by atoms with Crippen molar-refractivity contribution in [2.75, 3.05) is 38.5 Å². The number of benzene rings is 1. The molecular weight excluding hydrogens is 329 g/mol. The molecule has 0 atom stereocenters. The highest BCUT2D eigenvalue weighted by molar-refractivity contribution is 6.07. The Morgan fingerprint density at radius 3 is 2.83 bits per heavy atom. The summed E-state index contributed by atoms with van der Waals surface area (Å²) in [6, 6.07) is 3.08. The Balaban J connectivity index is 2.10. The summed E-state index contributed by atoms with van der Waals surface area (Å²) in [4.78, 5) is 17.6. The second kappa shape index (κ2) is 6.33. The normalized spacial score (nSPS) is 15.3. The van der Waals surface area contributed by atoms with Crippen LogP contribution in [0.5, 0.6) is 0 Å². The standard InChI is InChI=1S/C15H15F3N2O4/c1-22-6-7-23-20-5-4-19-14(21)13-12(20)10-8-9(15(16,17)18)2-3-11(10)24-13/h2-3,8H,4-7H2,1H3,(H,19,21). The van der Waals surface area contributed by atoms with E-state index in [4.69, 9.17) is 14.0 Å². The topological polar surface area (TPSA) is 63.9 Å². The molecule has 1 aliphatic rings. The van der Waals surface area contributed by atoms with Crippen molar-refractivity contribution in [1.29, 1.82) is 0 Å². The molecule has 0 spiro atoms. The molecule has 1 aliphatic heterocycles. The lowest BCUT2D eigenvalue weighted by Crippen LogP contribution is -2.31. The van der Waals surface area contributed by atoms with Gasteiger partial charge in [0.15, 0.2) is 0 Å². The molecule has 6 nitrogen and oxygen atoms in total. The quantitative estimate of drug-likeness (QED) is 0.864. The first-order chi connectivity index (χ1) is 11.4. The number of amides is 1. The smallest absolute Gasteiger partial charge is 0.416 e. The number of carbonyl (C=O) groups excluding carboxylic acids is 1. The number of hydroxylamine groups is 1. The van der Waals surface area contributed by atoms with E-state index in [0.29, 0.717) is 6.61 Å². The molecule has 0 saturated heterocycles. The van der Waals surface area contributed by atoms with Gasteiger partial charge in [-0.15, -0.1) is 0 Å². The van der Waals surface area contributed by atoms with Crippen LogP contribution in [0.25, 0.3) is 11.0 Å². The third-order valence-corrected chi connectivity index (χ3v) is 3.58. The zero-order chi connectivity index (χ0) is 17.3. The summed E-state index contributed by atoms with van der Waals surface area (Å²) >= 11 is 0. The molecule has 1 amide bonds. The fourth-order valence-corrected chi connectivity index (χ4v) is 2.49. The van der Waals surface area contributed by atoms with Crippen molar-refractivity contribution in [2.45, 2.75) is 6.18 Å². The van der Waals surface area contributed by atoms with Crippen molar-refractivity contribution in [3.63, 3.8) is 0 Å². The van der Waals surface area contributed by atoms with Gasteiger partial charge in [-0.2, -0.15) is 13.2 Å². The van der Waals surface area contributed by atoms with Crippen molar-refractivity contribution in [3.05, 3.63) is 29.5 Å². The number of nitrogens with one attached hydrogen (secondary N) is 1. The third kappa shape index (κ3) is 3.04. The number of hydrogen-bond acceptors (Lipinski definition) is 5. The van der Waals surface area contributed by atoms with E-state index in [1.165, 1.54) is 18.2 Å². The van der Waals surface area contributed by atoms with Gasteiger partial charge >= 0.3 is 6.18 Å². The minimum absolute atomic E-state index is 0.0701.